The predicted octanol–water partition coefficient (Wildman–Crippen LogP) is 6.64. The van der Waals surface area contributed by atoms with Gasteiger partial charge < -0.3 is 13.7 Å². The van der Waals surface area contributed by atoms with Gasteiger partial charge in [0.15, 0.2) is 16.6 Å². The van der Waals surface area contributed by atoms with Gasteiger partial charge in [-0.2, -0.15) is 0 Å². The van der Waals surface area contributed by atoms with E-state index >= 15 is 0 Å². The van der Waals surface area contributed by atoms with Crippen LogP contribution in [0.1, 0.15) is 64.7 Å². The normalized spacial score (nSPS) is 20.1. The molecular weight excluding hydrogens is 458 g/mol. The molecule has 0 N–H and O–H groups in total. The number of carbonyl (C=O) groups excluding carboxylic acids is 1. The third kappa shape index (κ3) is 7.79. The number of hydrogen-bond acceptors (Lipinski definition) is 5. The fourth-order valence-electron chi connectivity index (χ4n) is 3.18. The molecule has 1 heterocycles. The molecule has 0 saturated carbocycles. The molecule has 2 rings (SSSR count). The summed E-state index contributed by atoms with van der Waals surface area (Å²) < 4.78 is 12.9. The van der Waals surface area contributed by atoms with E-state index in [9.17, 15) is 4.79 Å². The third-order valence-corrected chi connectivity index (χ3v) is 16.5. The van der Waals surface area contributed by atoms with Crippen molar-refractivity contribution in [3.63, 3.8) is 0 Å². The van der Waals surface area contributed by atoms with E-state index in [4.69, 9.17) is 13.7 Å². The fraction of sp³-hybridized carbons (Fsp3) is 0.667. The first-order valence-electron chi connectivity index (χ1n) is 12.4. The lowest BCUT2D eigenvalue weighted by Gasteiger charge is -2.38. The minimum atomic E-state index is -1.95. The summed E-state index contributed by atoms with van der Waals surface area (Å²) in [5, 5.41) is 2.01. The molecule has 0 radical (unpaired) electrons. The Morgan fingerprint density at radius 3 is 2.15 bits per heavy atom. The average Bonchev–Trinajstić information content (AvgIpc) is 3.06. The molecule has 0 spiro atoms. The monoisotopic (exact) mass is 503 g/mol. The van der Waals surface area contributed by atoms with E-state index in [1.165, 1.54) is 0 Å². The van der Waals surface area contributed by atoms with Crippen LogP contribution >= 0.6 is 0 Å². The van der Waals surface area contributed by atoms with Crippen molar-refractivity contribution in [2.24, 2.45) is 0 Å². The zero-order valence-corrected chi connectivity index (χ0v) is 25.0. The van der Waals surface area contributed by atoms with Crippen LogP contribution in [-0.2, 0) is 13.7 Å². The number of rotatable bonds is 7. The van der Waals surface area contributed by atoms with Crippen LogP contribution in [-0.4, -0.2) is 53.0 Å². The molecule has 0 unspecified atom stereocenters. The Hall–Kier alpha value is -1.44. The van der Waals surface area contributed by atoms with Crippen LogP contribution in [0.15, 0.2) is 30.3 Å². The maximum absolute atomic E-state index is 12.7. The van der Waals surface area contributed by atoms with Crippen LogP contribution in [0.3, 0.4) is 0 Å². The molecule has 5 nitrogen and oxygen atoms in total. The van der Waals surface area contributed by atoms with Crippen LogP contribution < -0.4 is 0 Å². The Bertz CT molecular complexity index is 876. The minimum Gasteiger partial charge on any atom is -0.416 e. The van der Waals surface area contributed by atoms with Gasteiger partial charge in [0.05, 0.1) is 18.2 Å². The fourth-order valence-corrected chi connectivity index (χ4v) is 5.58. The molecule has 1 aliphatic rings. The van der Waals surface area contributed by atoms with E-state index < -0.39 is 16.6 Å². The average molecular weight is 504 g/mol. The molecular formula is C27H45NO4Si2. The number of benzene rings is 1. The maximum Gasteiger partial charge on any atom is 0.357 e. The van der Waals surface area contributed by atoms with Crippen molar-refractivity contribution >= 4 is 22.6 Å². The summed E-state index contributed by atoms with van der Waals surface area (Å²) in [5.74, 6) is 6.26. The van der Waals surface area contributed by atoms with Crippen molar-refractivity contribution in [1.82, 2.24) is 5.06 Å². The van der Waals surface area contributed by atoms with Gasteiger partial charge in [-0.15, -0.1) is 5.06 Å². The molecule has 1 aromatic carbocycles. The van der Waals surface area contributed by atoms with Crippen LogP contribution in [0.2, 0.25) is 36.3 Å². The molecule has 2 atom stereocenters. The van der Waals surface area contributed by atoms with Gasteiger partial charge in [0.2, 0.25) is 0 Å². The molecule has 7 heteroatoms. The number of hydrogen-bond donors (Lipinski definition) is 0. The highest BCUT2D eigenvalue weighted by Gasteiger charge is 2.43. The van der Waals surface area contributed by atoms with Gasteiger partial charge >= 0.3 is 5.97 Å². The molecule has 0 bridgehead atoms. The lowest BCUT2D eigenvalue weighted by Crippen LogP contribution is -2.44. The second-order valence-corrected chi connectivity index (χ2v) is 21.8. The largest absolute Gasteiger partial charge is 0.416 e. The van der Waals surface area contributed by atoms with Crippen LogP contribution in [0.4, 0.5) is 0 Å². The number of hydroxylamine groups is 2. The Labute approximate surface area is 209 Å². The quantitative estimate of drug-likeness (QED) is 0.237. The summed E-state index contributed by atoms with van der Waals surface area (Å²) in [6, 6.07) is 8.90. The van der Waals surface area contributed by atoms with E-state index in [-0.39, 0.29) is 28.2 Å². The molecule has 190 valence electrons. The summed E-state index contributed by atoms with van der Waals surface area (Å²) >= 11 is 0. The van der Waals surface area contributed by atoms with Gasteiger partial charge in [0.1, 0.15) is 6.04 Å². The van der Waals surface area contributed by atoms with Gasteiger partial charge in [-0.3, -0.25) is 0 Å². The molecule has 0 aliphatic carbocycles. The third-order valence-electron chi connectivity index (χ3n) is 7.46. The lowest BCUT2D eigenvalue weighted by atomic mass is 10.2. The zero-order valence-electron chi connectivity index (χ0n) is 23.0. The van der Waals surface area contributed by atoms with Crippen LogP contribution in [0.5, 0.6) is 0 Å². The summed E-state index contributed by atoms with van der Waals surface area (Å²) in [7, 11) is -3.72. The SMILES string of the molecule is CC(C)(C)[Si](C)(C)OCCC#C[C@H]1C[C@@H](O[Si](C)(C)C(C)(C)C)CN1OC(=O)c1ccccc1. The Kier molecular flexibility index (Phi) is 9.39. The molecule has 0 amide bonds. The van der Waals surface area contributed by atoms with E-state index in [1.807, 2.05) is 18.2 Å². The molecule has 1 aliphatic heterocycles. The van der Waals surface area contributed by atoms with E-state index in [0.717, 1.165) is 6.42 Å². The predicted molar refractivity (Wildman–Crippen MR) is 145 cm³/mol. The molecule has 1 fully saturated rings. The van der Waals surface area contributed by atoms with Gasteiger partial charge in [-0.25, -0.2) is 4.79 Å². The number of nitrogens with zero attached hydrogens (tertiary/aromatic N) is 1. The van der Waals surface area contributed by atoms with Gasteiger partial charge in [-0.1, -0.05) is 71.6 Å². The Morgan fingerprint density at radius 1 is 1.00 bits per heavy atom. The number of carbonyl (C=O) groups is 1. The molecule has 1 saturated heterocycles. The first kappa shape index (κ1) is 28.8. The first-order valence-corrected chi connectivity index (χ1v) is 18.2. The second kappa shape index (κ2) is 11.1. The van der Waals surface area contributed by atoms with Crippen LogP contribution in [0.25, 0.3) is 0 Å². The second-order valence-electron chi connectivity index (χ2n) is 12.3. The van der Waals surface area contributed by atoms with Crippen molar-refractivity contribution in [2.75, 3.05) is 13.2 Å². The van der Waals surface area contributed by atoms with Crippen molar-refractivity contribution in [3.05, 3.63) is 35.9 Å². The lowest BCUT2D eigenvalue weighted by molar-refractivity contribution is -0.111. The highest BCUT2D eigenvalue weighted by Crippen LogP contribution is 2.39. The Morgan fingerprint density at radius 2 is 1.59 bits per heavy atom. The molecule has 34 heavy (non-hydrogen) atoms. The summed E-state index contributed by atoms with van der Waals surface area (Å²) in [6.45, 7) is 23.6. The molecule has 1 aromatic rings. The van der Waals surface area contributed by atoms with Crippen molar-refractivity contribution in [2.45, 2.75) is 103 Å². The van der Waals surface area contributed by atoms with Gasteiger partial charge in [-0.05, 0) is 48.4 Å². The molecule has 0 aromatic heterocycles. The highest BCUT2D eigenvalue weighted by molar-refractivity contribution is 6.74. The van der Waals surface area contributed by atoms with E-state index in [2.05, 4.69) is 79.6 Å². The minimum absolute atomic E-state index is 0.00718. The highest BCUT2D eigenvalue weighted by atomic mass is 28.4. The summed E-state index contributed by atoms with van der Waals surface area (Å²) in [4.78, 5) is 18.5. The van der Waals surface area contributed by atoms with Gasteiger partial charge in [0.25, 0.3) is 0 Å². The topological polar surface area (TPSA) is 48.0 Å². The van der Waals surface area contributed by atoms with Crippen molar-refractivity contribution in [3.8, 4) is 11.8 Å². The standard InChI is InChI=1S/C27H45NO4Si2/c1-26(2,3)33(7,8)30-19-15-14-18-23-20-24(32-34(9,10)27(4,5)6)21-28(23)31-25(29)22-16-12-11-13-17-22/h11-13,16-17,23-24H,15,19-21H2,1-10H3/t23-,24+/m0/s1. The maximum atomic E-state index is 12.7. The first-order chi connectivity index (χ1) is 15.5. The van der Waals surface area contributed by atoms with E-state index in [1.54, 1.807) is 17.2 Å². The van der Waals surface area contributed by atoms with Crippen molar-refractivity contribution in [1.29, 1.82) is 0 Å². The smallest absolute Gasteiger partial charge is 0.357 e. The van der Waals surface area contributed by atoms with Crippen LogP contribution in [0, 0.1) is 11.8 Å². The summed E-state index contributed by atoms with van der Waals surface area (Å²) in [6.07, 6.45) is 1.38. The zero-order chi connectivity index (χ0) is 25.8. The van der Waals surface area contributed by atoms with Gasteiger partial charge in [0, 0.05) is 19.4 Å². The van der Waals surface area contributed by atoms with Crippen molar-refractivity contribution < 1.29 is 18.5 Å². The summed E-state index contributed by atoms with van der Waals surface area (Å²) in [5.41, 5.74) is 0.533. The van der Waals surface area contributed by atoms with E-state index in [0.29, 0.717) is 25.1 Å². The Balaban J connectivity index is 2.08.